The average Bonchev–Trinajstić information content (AvgIpc) is 2.31. The van der Waals surface area contributed by atoms with Crippen LogP contribution in [0.4, 0.5) is 4.39 Å². The van der Waals surface area contributed by atoms with Crippen LogP contribution in [0, 0.1) is 5.82 Å². The van der Waals surface area contributed by atoms with Gasteiger partial charge in [0.05, 0.1) is 16.4 Å². The summed E-state index contributed by atoms with van der Waals surface area (Å²) >= 11 is 3.01. The zero-order valence-electron chi connectivity index (χ0n) is 10.3. The first-order valence-electron chi connectivity index (χ1n) is 5.87. The Labute approximate surface area is 125 Å². The van der Waals surface area contributed by atoms with Crippen molar-refractivity contribution in [3.63, 3.8) is 0 Å². The van der Waals surface area contributed by atoms with E-state index in [-0.39, 0.29) is 33.7 Å². The van der Waals surface area contributed by atoms with Crippen LogP contribution in [0.5, 0.6) is 0 Å². The maximum Gasteiger partial charge on any atom is 0.241 e. The fourth-order valence-corrected chi connectivity index (χ4v) is 5.83. The Balaban J connectivity index is 2.16. The van der Waals surface area contributed by atoms with Crippen LogP contribution in [0.1, 0.15) is 12.8 Å². The Hall–Kier alpha value is -0.510. The third kappa shape index (κ3) is 3.78. The lowest BCUT2D eigenvalue weighted by atomic mass is 10.2. The highest BCUT2D eigenvalue weighted by Crippen LogP contribution is 2.24. The third-order valence-corrected chi connectivity index (χ3v) is 7.27. The first kappa shape index (κ1) is 15.9. The monoisotopic (exact) mass is 385 g/mol. The van der Waals surface area contributed by atoms with E-state index in [1.54, 1.807) is 0 Å². The number of halogens is 2. The second-order valence-corrected chi connectivity index (χ2v) is 9.46. The molecular formula is C11H13BrFNO4S2. The number of hydrogen-bond donors (Lipinski definition) is 1. The molecule has 20 heavy (non-hydrogen) atoms. The van der Waals surface area contributed by atoms with Gasteiger partial charge in [-0.3, -0.25) is 0 Å². The number of nitrogens with one attached hydrogen (secondary N) is 1. The van der Waals surface area contributed by atoms with Gasteiger partial charge in [-0.1, -0.05) is 0 Å². The molecule has 1 aromatic carbocycles. The molecule has 9 heteroatoms. The van der Waals surface area contributed by atoms with Crippen molar-refractivity contribution >= 4 is 35.8 Å². The van der Waals surface area contributed by atoms with Crippen LogP contribution >= 0.6 is 15.9 Å². The lowest BCUT2D eigenvalue weighted by molar-refractivity contribution is 0.505. The molecule has 1 aliphatic heterocycles. The highest BCUT2D eigenvalue weighted by Gasteiger charge is 2.28. The van der Waals surface area contributed by atoms with Crippen molar-refractivity contribution in [3.8, 4) is 0 Å². The van der Waals surface area contributed by atoms with Crippen molar-refractivity contribution in [2.45, 2.75) is 23.8 Å². The first-order valence-corrected chi connectivity index (χ1v) is 9.97. The Kier molecular flexibility index (Phi) is 4.53. The van der Waals surface area contributed by atoms with E-state index in [1.807, 2.05) is 0 Å². The molecule has 0 radical (unpaired) electrons. The first-order chi connectivity index (χ1) is 9.20. The smallest absolute Gasteiger partial charge is 0.229 e. The van der Waals surface area contributed by atoms with E-state index in [1.165, 1.54) is 6.07 Å². The molecule has 0 amide bonds. The molecule has 1 saturated heterocycles. The molecule has 1 fully saturated rings. The van der Waals surface area contributed by atoms with Crippen molar-refractivity contribution in [1.82, 2.24) is 4.72 Å². The van der Waals surface area contributed by atoms with Crippen LogP contribution in [-0.4, -0.2) is 34.4 Å². The van der Waals surface area contributed by atoms with Gasteiger partial charge in [-0.05, 0) is 47.0 Å². The molecule has 5 nitrogen and oxygen atoms in total. The SMILES string of the molecule is O=S1(=O)CCC(NS(=O)(=O)c2ccc(F)cc2Br)CC1. The highest BCUT2D eigenvalue weighted by molar-refractivity contribution is 9.10. The molecule has 1 aliphatic rings. The van der Waals surface area contributed by atoms with E-state index in [0.717, 1.165) is 12.1 Å². The maximum absolute atomic E-state index is 13.0. The summed E-state index contributed by atoms with van der Waals surface area (Å²) in [7, 11) is -6.85. The van der Waals surface area contributed by atoms with E-state index in [0.29, 0.717) is 0 Å². The largest absolute Gasteiger partial charge is 0.241 e. The second-order valence-electron chi connectivity index (χ2n) is 4.62. The summed E-state index contributed by atoms with van der Waals surface area (Å²) in [5, 5.41) is 0. The predicted molar refractivity (Wildman–Crippen MR) is 76.1 cm³/mol. The lowest BCUT2D eigenvalue weighted by Gasteiger charge is -2.23. The molecule has 1 heterocycles. The molecule has 2 rings (SSSR count). The molecule has 0 aliphatic carbocycles. The van der Waals surface area contributed by atoms with E-state index in [9.17, 15) is 21.2 Å². The van der Waals surface area contributed by atoms with Crippen LogP contribution in [-0.2, 0) is 19.9 Å². The van der Waals surface area contributed by atoms with Crippen LogP contribution in [0.25, 0.3) is 0 Å². The topological polar surface area (TPSA) is 80.3 Å². The quantitative estimate of drug-likeness (QED) is 0.853. The predicted octanol–water partition coefficient (Wildman–Crippen LogP) is 1.44. The Bertz CT molecular complexity index is 704. The van der Waals surface area contributed by atoms with E-state index >= 15 is 0 Å². The fraction of sp³-hybridized carbons (Fsp3) is 0.455. The molecular weight excluding hydrogens is 373 g/mol. The summed E-state index contributed by atoms with van der Waals surface area (Å²) in [6.07, 6.45) is 0.501. The third-order valence-electron chi connectivity index (χ3n) is 3.06. The van der Waals surface area contributed by atoms with Crippen LogP contribution in [0.15, 0.2) is 27.6 Å². The highest BCUT2D eigenvalue weighted by atomic mass is 79.9. The lowest BCUT2D eigenvalue weighted by Crippen LogP contribution is -2.40. The van der Waals surface area contributed by atoms with Crippen LogP contribution in [0.2, 0.25) is 0 Å². The van der Waals surface area contributed by atoms with Crippen LogP contribution < -0.4 is 4.72 Å². The normalized spacial score (nSPS) is 19.9. The summed E-state index contributed by atoms with van der Waals surface area (Å²) in [6.45, 7) is 0. The van der Waals surface area contributed by atoms with Gasteiger partial charge in [-0.15, -0.1) is 0 Å². The molecule has 0 bridgehead atoms. The second kappa shape index (κ2) is 5.70. The average molecular weight is 386 g/mol. The minimum Gasteiger partial charge on any atom is -0.229 e. The van der Waals surface area contributed by atoms with Crippen molar-refractivity contribution in [2.24, 2.45) is 0 Å². The number of benzene rings is 1. The van der Waals surface area contributed by atoms with Gasteiger partial charge in [0.15, 0.2) is 0 Å². The van der Waals surface area contributed by atoms with E-state index in [4.69, 9.17) is 0 Å². The van der Waals surface area contributed by atoms with Crippen molar-refractivity contribution in [2.75, 3.05) is 11.5 Å². The van der Waals surface area contributed by atoms with Gasteiger partial charge < -0.3 is 0 Å². The zero-order valence-corrected chi connectivity index (χ0v) is 13.6. The van der Waals surface area contributed by atoms with Crippen molar-refractivity contribution < 1.29 is 21.2 Å². The maximum atomic E-state index is 13.0. The summed E-state index contributed by atoms with van der Waals surface area (Å²) in [4.78, 5) is -0.0627. The van der Waals surface area contributed by atoms with Gasteiger partial charge >= 0.3 is 0 Å². The summed E-state index contributed by atoms with van der Waals surface area (Å²) < 4.78 is 62.5. The number of sulfone groups is 1. The molecule has 1 N–H and O–H groups in total. The van der Waals surface area contributed by atoms with Gasteiger partial charge in [0.1, 0.15) is 15.7 Å². The van der Waals surface area contributed by atoms with E-state index in [2.05, 4.69) is 20.7 Å². The Morgan fingerprint density at radius 2 is 1.85 bits per heavy atom. The molecule has 1 aromatic rings. The van der Waals surface area contributed by atoms with Gasteiger partial charge in [0, 0.05) is 10.5 Å². The molecule has 112 valence electrons. The minimum absolute atomic E-state index is 0.0230. The minimum atomic E-state index is -3.80. The number of sulfonamides is 1. The van der Waals surface area contributed by atoms with Crippen molar-refractivity contribution in [3.05, 3.63) is 28.5 Å². The number of rotatable bonds is 3. The van der Waals surface area contributed by atoms with Crippen molar-refractivity contribution in [1.29, 1.82) is 0 Å². The van der Waals surface area contributed by atoms with E-state index < -0.39 is 31.7 Å². The molecule has 0 atom stereocenters. The molecule has 0 unspecified atom stereocenters. The van der Waals surface area contributed by atoms with Gasteiger partial charge in [-0.2, -0.15) is 0 Å². The Morgan fingerprint density at radius 1 is 1.25 bits per heavy atom. The molecule has 0 aromatic heterocycles. The fourth-order valence-electron chi connectivity index (χ4n) is 1.98. The molecule has 0 saturated carbocycles. The van der Waals surface area contributed by atoms with Gasteiger partial charge in [0.2, 0.25) is 10.0 Å². The summed E-state index contributed by atoms with van der Waals surface area (Å²) in [6, 6.07) is 2.88. The van der Waals surface area contributed by atoms with Gasteiger partial charge in [0.25, 0.3) is 0 Å². The summed E-state index contributed by atoms with van der Waals surface area (Å²) in [5.41, 5.74) is 0. The zero-order chi connectivity index (χ0) is 15.0. The molecule has 0 spiro atoms. The van der Waals surface area contributed by atoms with Crippen LogP contribution in [0.3, 0.4) is 0 Å². The summed E-state index contributed by atoms with van der Waals surface area (Å²) in [5.74, 6) is -0.588. The van der Waals surface area contributed by atoms with Gasteiger partial charge in [-0.25, -0.2) is 25.9 Å². The Morgan fingerprint density at radius 3 is 2.40 bits per heavy atom. The number of hydrogen-bond acceptors (Lipinski definition) is 4. The standard InChI is InChI=1S/C11H13BrFNO4S2/c12-10-7-8(13)1-2-11(10)20(17,18)14-9-3-5-19(15,16)6-4-9/h1-2,7,9,14H,3-6H2.